The number of hydrogen-bond acceptors (Lipinski definition) is 2. The summed E-state index contributed by atoms with van der Waals surface area (Å²) in [6.07, 6.45) is 5.56. The van der Waals surface area contributed by atoms with E-state index in [1.807, 2.05) is 0 Å². The Balaban J connectivity index is 2.41. The third kappa shape index (κ3) is 4.24. The summed E-state index contributed by atoms with van der Waals surface area (Å²) in [5.74, 6) is -0.495. The Labute approximate surface area is 102 Å². The van der Waals surface area contributed by atoms with E-state index in [1.165, 1.54) is 13.3 Å². The molecule has 5 heteroatoms. The number of rotatable bonds is 4. The molecule has 0 aromatic carbocycles. The van der Waals surface area contributed by atoms with Gasteiger partial charge in [0.25, 0.3) is 0 Å². The molecule has 0 aromatic rings. The van der Waals surface area contributed by atoms with Crippen molar-refractivity contribution in [2.45, 2.75) is 58.0 Å². The normalized spacial score (nSPS) is 26.0. The Morgan fingerprint density at radius 2 is 2.00 bits per heavy atom. The van der Waals surface area contributed by atoms with Gasteiger partial charge in [-0.05, 0) is 25.7 Å². The Bertz CT molecular complexity index is 281. The molecule has 2 unspecified atom stereocenters. The monoisotopic (exact) mass is 242 g/mol. The van der Waals surface area contributed by atoms with Gasteiger partial charge in [-0.2, -0.15) is 0 Å². The van der Waals surface area contributed by atoms with Crippen molar-refractivity contribution >= 4 is 12.0 Å². The fraction of sp³-hybridized carbons (Fsp3) is 0.833. The molecule has 3 atom stereocenters. The summed E-state index contributed by atoms with van der Waals surface area (Å²) in [5, 5.41) is 14.0. The van der Waals surface area contributed by atoms with E-state index in [0.29, 0.717) is 5.92 Å². The lowest BCUT2D eigenvalue weighted by Gasteiger charge is -2.31. The van der Waals surface area contributed by atoms with Crippen molar-refractivity contribution in [1.29, 1.82) is 0 Å². The minimum absolute atomic E-state index is 0.190. The van der Waals surface area contributed by atoms with Gasteiger partial charge in [-0.3, -0.25) is 4.79 Å². The molecule has 0 bridgehead atoms. The molecule has 0 aromatic heterocycles. The van der Waals surface area contributed by atoms with E-state index in [0.717, 1.165) is 25.7 Å². The van der Waals surface area contributed by atoms with Crippen LogP contribution in [-0.4, -0.2) is 29.2 Å². The van der Waals surface area contributed by atoms with Crippen LogP contribution in [0.3, 0.4) is 0 Å². The van der Waals surface area contributed by atoms with Crippen LogP contribution < -0.4 is 10.6 Å². The van der Waals surface area contributed by atoms with E-state index in [1.54, 1.807) is 0 Å². The van der Waals surface area contributed by atoms with Crippen LogP contribution >= 0.6 is 0 Å². The highest BCUT2D eigenvalue weighted by molar-refractivity contribution is 5.82. The molecule has 2 amide bonds. The molecule has 1 aliphatic rings. The molecule has 3 N–H and O–H groups in total. The lowest BCUT2D eigenvalue weighted by atomic mass is 9.83. The smallest absolute Gasteiger partial charge is 0.325 e. The second-order valence-corrected chi connectivity index (χ2v) is 4.74. The quantitative estimate of drug-likeness (QED) is 0.702. The van der Waals surface area contributed by atoms with Crippen LogP contribution in [0.5, 0.6) is 0 Å². The molecule has 98 valence electrons. The first-order valence-corrected chi connectivity index (χ1v) is 6.34. The van der Waals surface area contributed by atoms with Gasteiger partial charge in [0.05, 0.1) is 0 Å². The zero-order valence-electron chi connectivity index (χ0n) is 10.5. The van der Waals surface area contributed by atoms with E-state index < -0.39 is 12.0 Å². The first kappa shape index (κ1) is 13.8. The molecule has 0 radical (unpaired) electrons. The van der Waals surface area contributed by atoms with Crippen molar-refractivity contribution in [2.75, 3.05) is 0 Å². The van der Waals surface area contributed by atoms with Gasteiger partial charge < -0.3 is 15.7 Å². The minimum atomic E-state index is -1.02. The van der Waals surface area contributed by atoms with Crippen LogP contribution in [0.1, 0.15) is 46.0 Å². The number of carbonyl (C=O) groups is 2. The molecule has 0 saturated heterocycles. The van der Waals surface area contributed by atoms with Gasteiger partial charge in [0.15, 0.2) is 0 Å². The maximum Gasteiger partial charge on any atom is 0.325 e. The highest BCUT2D eigenvalue weighted by atomic mass is 16.4. The van der Waals surface area contributed by atoms with Crippen molar-refractivity contribution in [1.82, 2.24) is 10.6 Å². The van der Waals surface area contributed by atoms with E-state index in [9.17, 15) is 9.59 Å². The van der Waals surface area contributed by atoms with E-state index in [2.05, 4.69) is 17.6 Å². The highest BCUT2D eigenvalue weighted by Gasteiger charge is 2.25. The number of aliphatic carboxylic acids is 1. The number of hydrogen-bond donors (Lipinski definition) is 3. The largest absolute Gasteiger partial charge is 0.480 e. The number of amides is 2. The Morgan fingerprint density at radius 1 is 1.35 bits per heavy atom. The predicted molar refractivity (Wildman–Crippen MR) is 64.8 cm³/mol. The summed E-state index contributed by atoms with van der Waals surface area (Å²) in [7, 11) is 0. The zero-order valence-corrected chi connectivity index (χ0v) is 10.5. The van der Waals surface area contributed by atoms with Crippen LogP contribution in [0.15, 0.2) is 0 Å². The standard InChI is InChI=1S/C12H22N2O3/c1-3-9-6-4-5-7-10(9)14-12(17)13-8(2)11(15)16/h8-10H,3-7H2,1-2H3,(H,15,16)(H2,13,14,17)/t8-,9?,10?/m1/s1. The second kappa shape index (κ2) is 6.47. The Morgan fingerprint density at radius 3 is 2.59 bits per heavy atom. The van der Waals surface area contributed by atoms with Gasteiger partial charge in [-0.1, -0.05) is 26.2 Å². The number of nitrogens with one attached hydrogen (secondary N) is 2. The topological polar surface area (TPSA) is 78.4 Å². The van der Waals surface area contributed by atoms with Crippen molar-refractivity contribution in [2.24, 2.45) is 5.92 Å². The summed E-state index contributed by atoms with van der Waals surface area (Å²) in [6.45, 7) is 3.59. The summed E-state index contributed by atoms with van der Waals surface area (Å²) >= 11 is 0. The summed E-state index contributed by atoms with van der Waals surface area (Å²) in [4.78, 5) is 22.2. The first-order chi connectivity index (χ1) is 8.04. The molecular formula is C12H22N2O3. The second-order valence-electron chi connectivity index (χ2n) is 4.74. The van der Waals surface area contributed by atoms with Crippen LogP contribution in [0, 0.1) is 5.92 Å². The number of carboxylic acid groups (broad SMARTS) is 1. The molecule has 1 fully saturated rings. The molecule has 0 aliphatic heterocycles. The van der Waals surface area contributed by atoms with Crippen molar-refractivity contribution in [3.8, 4) is 0 Å². The molecule has 17 heavy (non-hydrogen) atoms. The Kier molecular flexibility index (Phi) is 5.25. The molecule has 1 saturated carbocycles. The number of urea groups is 1. The van der Waals surface area contributed by atoms with Gasteiger partial charge in [0, 0.05) is 6.04 Å². The molecule has 5 nitrogen and oxygen atoms in total. The van der Waals surface area contributed by atoms with E-state index in [4.69, 9.17) is 5.11 Å². The average Bonchev–Trinajstić information content (AvgIpc) is 2.29. The summed E-state index contributed by atoms with van der Waals surface area (Å²) < 4.78 is 0. The van der Waals surface area contributed by atoms with E-state index >= 15 is 0 Å². The number of carbonyl (C=O) groups excluding carboxylic acids is 1. The van der Waals surface area contributed by atoms with Crippen LogP contribution in [0.25, 0.3) is 0 Å². The van der Waals surface area contributed by atoms with Crippen molar-refractivity contribution in [3.05, 3.63) is 0 Å². The predicted octanol–water partition coefficient (Wildman–Crippen LogP) is 1.73. The van der Waals surface area contributed by atoms with Gasteiger partial charge in [-0.15, -0.1) is 0 Å². The SMILES string of the molecule is CCC1CCCCC1NC(=O)N[C@H](C)C(=O)O. The van der Waals surface area contributed by atoms with Crippen LogP contribution in [-0.2, 0) is 4.79 Å². The van der Waals surface area contributed by atoms with Crippen molar-refractivity contribution < 1.29 is 14.7 Å². The zero-order chi connectivity index (χ0) is 12.8. The van der Waals surface area contributed by atoms with Gasteiger partial charge in [0.1, 0.15) is 6.04 Å². The lowest BCUT2D eigenvalue weighted by molar-refractivity contribution is -0.138. The number of carboxylic acids is 1. The fourth-order valence-electron chi connectivity index (χ4n) is 2.35. The third-order valence-corrected chi connectivity index (χ3v) is 3.47. The van der Waals surface area contributed by atoms with Gasteiger partial charge in [0.2, 0.25) is 0 Å². The minimum Gasteiger partial charge on any atom is -0.480 e. The summed E-state index contributed by atoms with van der Waals surface area (Å²) in [6, 6.07) is -1.03. The maximum absolute atomic E-state index is 11.6. The average molecular weight is 242 g/mol. The van der Waals surface area contributed by atoms with Crippen LogP contribution in [0.2, 0.25) is 0 Å². The molecule has 1 aliphatic carbocycles. The summed E-state index contributed by atoms with van der Waals surface area (Å²) in [5.41, 5.74) is 0. The first-order valence-electron chi connectivity index (χ1n) is 6.34. The molecule has 1 rings (SSSR count). The molecular weight excluding hydrogens is 220 g/mol. The fourth-order valence-corrected chi connectivity index (χ4v) is 2.35. The molecule has 0 spiro atoms. The lowest BCUT2D eigenvalue weighted by Crippen LogP contribution is -2.50. The van der Waals surface area contributed by atoms with Crippen LogP contribution in [0.4, 0.5) is 4.79 Å². The van der Waals surface area contributed by atoms with Gasteiger partial charge >= 0.3 is 12.0 Å². The van der Waals surface area contributed by atoms with E-state index in [-0.39, 0.29) is 12.1 Å². The maximum atomic E-state index is 11.6. The van der Waals surface area contributed by atoms with Gasteiger partial charge in [-0.25, -0.2) is 4.79 Å². The highest BCUT2D eigenvalue weighted by Crippen LogP contribution is 2.26. The molecule has 0 heterocycles. The van der Waals surface area contributed by atoms with Crippen molar-refractivity contribution in [3.63, 3.8) is 0 Å². The Hall–Kier alpha value is -1.26. The third-order valence-electron chi connectivity index (χ3n) is 3.47.